The molecule has 0 saturated heterocycles. The van der Waals surface area contributed by atoms with E-state index < -0.39 is 0 Å². The van der Waals surface area contributed by atoms with Gasteiger partial charge in [-0.25, -0.2) is 4.98 Å². The van der Waals surface area contributed by atoms with Crippen LogP contribution in [-0.4, -0.2) is 15.5 Å². The number of nitrogens with zero attached hydrogens (tertiary/aromatic N) is 2. The van der Waals surface area contributed by atoms with Crippen molar-refractivity contribution in [1.29, 1.82) is 0 Å². The van der Waals surface area contributed by atoms with Gasteiger partial charge in [0.05, 0.1) is 29.8 Å². The van der Waals surface area contributed by atoms with E-state index in [1.165, 1.54) is 11.3 Å². The lowest BCUT2D eigenvalue weighted by atomic mass is 10.1. The van der Waals surface area contributed by atoms with Gasteiger partial charge in [0.1, 0.15) is 4.70 Å². The van der Waals surface area contributed by atoms with Gasteiger partial charge in [-0.05, 0) is 52.4 Å². The van der Waals surface area contributed by atoms with Crippen LogP contribution in [0.25, 0.3) is 16.3 Å². The number of thiophene rings is 1. The zero-order valence-corrected chi connectivity index (χ0v) is 16.8. The molecule has 1 aliphatic carbocycles. The first-order valence-corrected chi connectivity index (χ1v) is 10.4. The predicted octanol–water partition coefficient (Wildman–Crippen LogP) is 3.67. The molecule has 30 heavy (non-hydrogen) atoms. The van der Waals surface area contributed by atoms with Crippen molar-refractivity contribution in [3.63, 3.8) is 0 Å². The highest BCUT2D eigenvalue weighted by atomic mass is 32.1. The van der Waals surface area contributed by atoms with Crippen LogP contribution in [0.15, 0.2) is 70.6 Å². The fourth-order valence-electron chi connectivity index (χ4n) is 3.63. The molecule has 0 spiro atoms. The third-order valence-corrected chi connectivity index (χ3v) is 6.10. The van der Waals surface area contributed by atoms with Gasteiger partial charge in [-0.3, -0.25) is 14.2 Å². The number of para-hydroxylation sites is 2. The van der Waals surface area contributed by atoms with Crippen molar-refractivity contribution in [2.24, 2.45) is 0 Å². The van der Waals surface area contributed by atoms with Crippen molar-refractivity contribution in [1.82, 2.24) is 9.55 Å². The van der Waals surface area contributed by atoms with Crippen LogP contribution in [0.4, 0.5) is 11.4 Å². The molecule has 148 valence electrons. The van der Waals surface area contributed by atoms with Crippen molar-refractivity contribution in [2.75, 3.05) is 11.1 Å². The molecule has 6 nitrogen and oxygen atoms in total. The van der Waals surface area contributed by atoms with E-state index in [2.05, 4.69) is 10.3 Å². The number of fused-ring (bicyclic) bond motifs is 2. The Morgan fingerprint density at radius 2 is 2.07 bits per heavy atom. The molecule has 0 fully saturated rings. The third kappa shape index (κ3) is 3.29. The SMILES string of the molecule is Nc1ccccc1NC(=O)C1=Cc2cc(Cn3cnc4ccsc4c3=O)ccc2C1. The van der Waals surface area contributed by atoms with Crippen molar-refractivity contribution < 1.29 is 4.79 Å². The molecule has 0 saturated carbocycles. The van der Waals surface area contributed by atoms with Gasteiger partial charge < -0.3 is 11.1 Å². The minimum Gasteiger partial charge on any atom is -0.397 e. The van der Waals surface area contributed by atoms with Gasteiger partial charge in [-0.15, -0.1) is 11.3 Å². The number of nitrogens with one attached hydrogen (secondary N) is 1. The highest BCUT2D eigenvalue weighted by molar-refractivity contribution is 7.17. The maximum absolute atomic E-state index is 12.7. The van der Waals surface area contributed by atoms with E-state index in [0.717, 1.165) is 22.2 Å². The summed E-state index contributed by atoms with van der Waals surface area (Å²) in [6.07, 6.45) is 4.05. The van der Waals surface area contributed by atoms with Gasteiger partial charge >= 0.3 is 0 Å². The number of benzene rings is 2. The molecule has 0 aliphatic heterocycles. The maximum atomic E-state index is 12.7. The lowest BCUT2D eigenvalue weighted by molar-refractivity contribution is -0.112. The second-order valence-electron chi connectivity index (χ2n) is 7.23. The molecule has 0 unspecified atom stereocenters. The quantitative estimate of drug-likeness (QED) is 0.499. The fraction of sp³-hybridized carbons (Fsp3) is 0.0870. The summed E-state index contributed by atoms with van der Waals surface area (Å²) >= 11 is 1.41. The second kappa shape index (κ2) is 7.27. The number of amides is 1. The van der Waals surface area contributed by atoms with Gasteiger partial charge in [-0.2, -0.15) is 0 Å². The van der Waals surface area contributed by atoms with Gasteiger partial charge in [0.15, 0.2) is 0 Å². The van der Waals surface area contributed by atoms with Crippen molar-refractivity contribution in [2.45, 2.75) is 13.0 Å². The summed E-state index contributed by atoms with van der Waals surface area (Å²) in [4.78, 5) is 29.6. The summed E-state index contributed by atoms with van der Waals surface area (Å²) in [7, 11) is 0. The average Bonchev–Trinajstić information content (AvgIpc) is 3.39. The van der Waals surface area contributed by atoms with Gasteiger partial charge in [-0.1, -0.05) is 24.3 Å². The molecule has 5 rings (SSSR count). The highest BCUT2D eigenvalue weighted by Crippen LogP contribution is 2.28. The highest BCUT2D eigenvalue weighted by Gasteiger charge is 2.19. The molecular formula is C23H18N4O2S. The number of carbonyl (C=O) groups is 1. The number of nitrogen functional groups attached to an aromatic ring is 1. The number of carbonyl (C=O) groups excluding carboxylic acids is 1. The minimum absolute atomic E-state index is 0.0356. The van der Waals surface area contributed by atoms with Gasteiger partial charge in [0, 0.05) is 12.0 Å². The van der Waals surface area contributed by atoms with Crippen LogP contribution in [-0.2, 0) is 17.8 Å². The van der Waals surface area contributed by atoms with Crippen LogP contribution in [0, 0.1) is 0 Å². The molecular weight excluding hydrogens is 396 g/mol. The zero-order valence-electron chi connectivity index (χ0n) is 16.0. The molecule has 0 radical (unpaired) electrons. The Morgan fingerprint density at radius 1 is 1.20 bits per heavy atom. The molecule has 0 atom stereocenters. The Kier molecular flexibility index (Phi) is 4.44. The first kappa shape index (κ1) is 18.3. The Hall–Kier alpha value is -3.71. The number of anilines is 2. The summed E-state index contributed by atoms with van der Waals surface area (Å²) in [6, 6.07) is 15.1. The largest absolute Gasteiger partial charge is 0.397 e. The summed E-state index contributed by atoms with van der Waals surface area (Å²) in [5.74, 6) is -0.158. The van der Waals surface area contributed by atoms with Crippen LogP contribution < -0.4 is 16.6 Å². The molecule has 3 N–H and O–H groups in total. The molecule has 4 aromatic rings. The number of hydrogen-bond acceptors (Lipinski definition) is 5. The first-order chi connectivity index (χ1) is 14.6. The smallest absolute Gasteiger partial charge is 0.271 e. The lowest BCUT2D eigenvalue weighted by Gasteiger charge is -2.08. The van der Waals surface area contributed by atoms with E-state index in [1.54, 1.807) is 23.0 Å². The van der Waals surface area contributed by atoms with Gasteiger partial charge in [0.2, 0.25) is 0 Å². The predicted molar refractivity (Wildman–Crippen MR) is 121 cm³/mol. The number of nitrogens with two attached hydrogens (primary N) is 1. The van der Waals surface area contributed by atoms with E-state index in [4.69, 9.17) is 5.73 Å². The van der Waals surface area contributed by atoms with Gasteiger partial charge in [0.25, 0.3) is 11.5 Å². The summed E-state index contributed by atoms with van der Waals surface area (Å²) in [5, 5.41) is 4.75. The molecule has 7 heteroatoms. The number of hydrogen-bond donors (Lipinski definition) is 2. The van der Waals surface area contributed by atoms with Crippen LogP contribution in [0.1, 0.15) is 16.7 Å². The molecule has 2 aromatic heterocycles. The molecule has 2 aromatic carbocycles. The maximum Gasteiger partial charge on any atom is 0.271 e. The average molecular weight is 414 g/mol. The standard InChI is InChI=1S/C23H18N4O2S/c24-18-3-1-2-4-19(18)26-22(28)17-10-15-6-5-14(9-16(15)11-17)12-27-13-25-20-7-8-30-21(20)23(27)29/h1-9,11,13H,10,12,24H2,(H,26,28). The fourth-order valence-corrected chi connectivity index (χ4v) is 4.42. The minimum atomic E-state index is -0.158. The summed E-state index contributed by atoms with van der Waals surface area (Å²) in [6.45, 7) is 0.433. The topological polar surface area (TPSA) is 90.0 Å². The number of rotatable bonds is 4. The van der Waals surface area contributed by atoms with Crippen molar-refractivity contribution >= 4 is 44.9 Å². The number of aromatic nitrogens is 2. The molecule has 2 heterocycles. The van der Waals surface area contributed by atoms with E-state index in [0.29, 0.717) is 34.6 Å². The Morgan fingerprint density at radius 3 is 2.93 bits per heavy atom. The van der Waals surface area contributed by atoms with Crippen LogP contribution >= 0.6 is 11.3 Å². The Bertz CT molecular complexity index is 1380. The Balaban J connectivity index is 1.38. The van der Waals surface area contributed by atoms with Crippen molar-refractivity contribution in [3.05, 3.63) is 92.9 Å². The molecule has 1 amide bonds. The van der Waals surface area contributed by atoms with Crippen LogP contribution in [0.2, 0.25) is 0 Å². The normalized spacial score (nSPS) is 12.6. The molecule has 0 bridgehead atoms. The third-order valence-electron chi connectivity index (χ3n) is 5.21. The zero-order chi connectivity index (χ0) is 20.7. The van der Waals surface area contributed by atoms with Crippen LogP contribution in [0.3, 0.4) is 0 Å². The van der Waals surface area contributed by atoms with Crippen LogP contribution in [0.5, 0.6) is 0 Å². The second-order valence-corrected chi connectivity index (χ2v) is 8.15. The summed E-state index contributed by atoms with van der Waals surface area (Å²) < 4.78 is 2.28. The van der Waals surface area contributed by atoms with E-state index in [-0.39, 0.29) is 11.5 Å². The van der Waals surface area contributed by atoms with E-state index in [1.807, 2.05) is 47.9 Å². The monoisotopic (exact) mass is 414 g/mol. The van der Waals surface area contributed by atoms with E-state index in [9.17, 15) is 9.59 Å². The first-order valence-electron chi connectivity index (χ1n) is 9.49. The molecule has 1 aliphatic rings. The van der Waals surface area contributed by atoms with E-state index >= 15 is 0 Å². The summed E-state index contributed by atoms with van der Waals surface area (Å²) in [5.41, 5.74) is 11.5. The Labute approximate surface area is 176 Å². The van der Waals surface area contributed by atoms with Crippen molar-refractivity contribution in [3.8, 4) is 0 Å². The lowest BCUT2D eigenvalue weighted by Crippen LogP contribution is -2.20.